The molecular formula is C15H23NO5. The van der Waals surface area contributed by atoms with E-state index >= 15 is 0 Å². The molecule has 1 saturated carbocycles. The molecule has 4 N–H and O–H groups in total. The highest BCUT2D eigenvalue weighted by Crippen LogP contribution is 2.34. The van der Waals surface area contributed by atoms with Crippen molar-refractivity contribution in [2.75, 3.05) is 6.61 Å². The van der Waals surface area contributed by atoms with Gasteiger partial charge in [0, 0.05) is 30.6 Å². The van der Waals surface area contributed by atoms with Crippen LogP contribution in [0.15, 0.2) is 11.6 Å². The Bertz CT molecular complexity index is 438. The second-order valence-electron chi connectivity index (χ2n) is 6.32. The van der Waals surface area contributed by atoms with Gasteiger partial charge in [-0.25, -0.2) is 0 Å². The first-order valence-corrected chi connectivity index (χ1v) is 7.73. The van der Waals surface area contributed by atoms with Crippen molar-refractivity contribution < 1.29 is 24.9 Å². The maximum Gasteiger partial charge on any atom is 0.247 e. The van der Waals surface area contributed by atoms with E-state index in [2.05, 4.69) is 5.32 Å². The van der Waals surface area contributed by atoms with Crippen molar-refractivity contribution in [2.45, 2.75) is 62.6 Å². The molecule has 6 nitrogen and oxygen atoms in total. The van der Waals surface area contributed by atoms with Crippen LogP contribution in [0.4, 0.5) is 0 Å². The number of fused-ring (bicyclic) bond motifs is 1. The molecule has 3 rings (SSSR count). The van der Waals surface area contributed by atoms with Gasteiger partial charge in [0.05, 0.1) is 12.2 Å². The van der Waals surface area contributed by atoms with E-state index in [1.54, 1.807) is 0 Å². The Morgan fingerprint density at radius 3 is 2.81 bits per heavy atom. The highest BCUT2D eigenvalue weighted by molar-refractivity contribution is 5.94. The van der Waals surface area contributed by atoms with Gasteiger partial charge in [0.2, 0.25) is 5.91 Å². The number of aliphatic hydroxyl groups excluding tert-OH is 3. The van der Waals surface area contributed by atoms with E-state index in [9.17, 15) is 20.1 Å². The number of carbonyl (C=O) groups is 1. The summed E-state index contributed by atoms with van der Waals surface area (Å²) in [6, 6.07) is 0.0979. The van der Waals surface area contributed by atoms with Crippen LogP contribution in [0, 0.1) is 5.92 Å². The number of carbonyl (C=O) groups excluding carboxylic acids is 1. The van der Waals surface area contributed by atoms with Gasteiger partial charge >= 0.3 is 0 Å². The second kappa shape index (κ2) is 6.04. The van der Waals surface area contributed by atoms with Crippen LogP contribution in [0.25, 0.3) is 0 Å². The number of ether oxygens (including phenoxy) is 1. The van der Waals surface area contributed by atoms with Crippen molar-refractivity contribution in [3.63, 3.8) is 0 Å². The fourth-order valence-corrected chi connectivity index (χ4v) is 3.73. The van der Waals surface area contributed by atoms with Gasteiger partial charge in [-0.05, 0) is 31.8 Å². The van der Waals surface area contributed by atoms with E-state index in [1.807, 2.05) is 0 Å². The van der Waals surface area contributed by atoms with Gasteiger partial charge in [0.25, 0.3) is 0 Å². The molecule has 1 amide bonds. The summed E-state index contributed by atoms with van der Waals surface area (Å²) < 4.78 is 5.68. The molecular weight excluding hydrogens is 274 g/mol. The molecule has 2 fully saturated rings. The van der Waals surface area contributed by atoms with Gasteiger partial charge in [-0.15, -0.1) is 0 Å². The van der Waals surface area contributed by atoms with E-state index in [4.69, 9.17) is 4.74 Å². The molecule has 0 aromatic heterocycles. The first-order valence-electron chi connectivity index (χ1n) is 7.73. The van der Waals surface area contributed by atoms with Crippen molar-refractivity contribution in [2.24, 2.45) is 5.92 Å². The zero-order valence-electron chi connectivity index (χ0n) is 11.9. The van der Waals surface area contributed by atoms with Crippen LogP contribution in [0.5, 0.6) is 0 Å². The molecule has 6 atom stereocenters. The number of amides is 1. The Morgan fingerprint density at radius 1 is 1.24 bits per heavy atom. The molecule has 1 heterocycles. The summed E-state index contributed by atoms with van der Waals surface area (Å²) in [6.45, 7) is 0.758. The third-order valence-corrected chi connectivity index (χ3v) is 4.93. The monoisotopic (exact) mass is 297 g/mol. The molecule has 0 spiro atoms. The van der Waals surface area contributed by atoms with Crippen molar-refractivity contribution in [1.82, 2.24) is 5.32 Å². The average Bonchev–Trinajstić information content (AvgIpc) is 2.93. The smallest absolute Gasteiger partial charge is 0.247 e. The zero-order chi connectivity index (χ0) is 15.0. The maximum absolute atomic E-state index is 12.3. The number of hydrogen-bond acceptors (Lipinski definition) is 5. The Kier molecular flexibility index (Phi) is 4.31. The standard InChI is InChI=1S/C15H23NO5/c17-11-6-8(7-12(18)14(11)19)15(20)16-10-2-1-3-13-9(10)4-5-21-13/h6,9-14,17-19H,1-5,7H2,(H,16,20)/t9?,10?,11-,12-,13?,14-/m1/s1. The Hall–Kier alpha value is -0.950. The van der Waals surface area contributed by atoms with Crippen molar-refractivity contribution >= 4 is 5.91 Å². The number of nitrogens with one attached hydrogen (secondary N) is 1. The molecule has 3 aliphatic rings. The van der Waals surface area contributed by atoms with Crippen LogP contribution in [0.3, 0.4) is 0 Å². The number of hydrogen-bond donors (Lipinski definition) is 4. The van der Waals surface area contributed by atoms with Gasteiger partial charge in [-0.1, -0.05) is 0 Å². The van der Waals surface area contributed by atoms with E-state index in [0.717, 1.165) is 32.3 Å². The van der Waals surface area contributed by atoms with Crippen LogP contribution >= 0.6 is 0 Å². The van der Waals surface area contributed by atoms with Crippen LogP contribution < -0.4 is 5.32 Å². The largest absolute Gasteiger partial charge is 0.390 e. The van der Waals surface area contributed by atoms with Crippen LogP contribution in [0.1, 0.15) is 32.1 Å². The minimum absolute atomic E-state index is 0.0708. The molecule has 1 saturated heterocycles. The molecule has 6 heteroatoms. The molecule has 1 aliphatic heterocycles. The van der Waals surface area contributed by atoms with Gasteiger partial charge in [-0.2, -0.15) is 0 Å². The number of rotatable bonds is 2. The molecule has 21 heavy (non-hydrogen) atoms. The summed E-state index contributed by atoms with van der Waals surface area (Å²) in [5.41, 5.74) is 0.348. The Labute approximate surface area is 123 Å². The quantitative estimate of drug-likeness (QED) is 0.549. The summed E-state index contributed by atoms with van der Waals surface area (Å²) in [4.78, 5) is 12.3. The topological polar surface area (TPSA) is 99.0 Å². The Morgan fingerprint density at radius 2 is 2.05 bits per heavy atom. The second-order valence-corrected chi connectivity index (χ2v) is 6.32. The van der Waals surface area contributed by atoms with Gasteiger partial charge < -0.3 is 25.4 Å². The predicted molar refractivity (Wildman–Crippen MR) is 74.3 cm³/mol. The molecule has 0 aromatic carbocycles. The minimum Gasteiger partial charge on any atom is -0.390 e. The van der Waals surface area contributed by atoms with Crippen molar-refractivity contribution in [3.05, 3.63) is 11.6 Å². The maximum atomic E-state index is 12.3. The fourth-order valence-electron chi connectivity index (χ4n) is 3.73. The van der Waals surface area contributed by atoms with Crippen molar-refractivity contribution in [3.8, 4) is 0 Å². The normalized spacial score (nSPS) is 43.1. The van der Waals surface area contributed by atoms with Gasteiger partial charge in [-0.3, -0.25) is 4.79 Å². The zero-order valence-corrected chi connectivity index (χ0v) is 11.9. The molecule has 3 unspecified atom stereocenters. The summed E-state index contributed by atoms with van der Waals surface area (Å²) in [5.74, 6) is 0.116. The summed E-state index contributed by atoms with van der Waals surface area (Å²) in [6.07, 6.45) is 2.17. The third-order valence-electron chi connectivity index (χ3n) is 4.93. The lowest BCUT2D eigenvalue weighted by atomic mass is 9.81. The van der Waals surface area contributed by atoms with Crippen molar-refractivity contribution in [1.29, 1.82) is 0 Å². The van der Waals surface area contributed by atoms with Crippen LogP contribution in [0.2, 0.25) is 0 Å². The first-order chi connectivity index (χ1) is 10.1. The Balaban J connectivity index is 1.65. The number of aliphatic hydroxyl groups is 3. The predicted octanol–water partition coefficient (Wildman–Crippen LogP) is -0.527. The van der Waals surface area contributed by atoms with Crippen LogP contribution in [-0.4, -0.2) is 58.3 Å². The van der Waals surface area contributed by atoms with Gasteiger partial charge in [0.15, 0.2) is 0 Å². The molecule has 2 aliphatic carbocycles. The summed E-state index contributed by atoms with van der Waals surface area (Å²) in [5, 5.41) is 31.8. The van der Waals surface area contributed by atoms with E-state index in [-0.39, 0.29) is 24.5 Å². The van der Waals surface area contributed by atoms with E-state index < -0.39 is 18.3 Å². The summed E-state index contributed by atoms with van der Waals surface area (Å²) >= 11 is 0. The lowest BCUT2D eigenvalue weighted by molar-refractivity contribution is -0.120. The molecule has 0 bridgehead atoms. The van der Waals surface area contributed by atoms with Gasteiger partial charge in [0.1, 0.15) is 12.2 Å². The third kappa shape index (κ3) is 2.99. The molecule has 0 aromatic rings. The highest BCUT2D eigenvalue weighted by atomic mass is 16.5. The lowest BCUT2D eigenvalue weighted by Crippen LogP contribution is -2.48. The van der Waals surface area contributed by atoms with E-state index in [1.165, 1.54) is 6.08 Å². The molecule has 0 radical (unpaired) electrons. The minimum atomic E-state index is -1.22. The lowest BCUT2D eigenvalue weighted by Gasteiger charge is -2.34. The first kappa shape index (κ1) is 15.0. The van der Waals surface area contributed by atoms with Crippen LogP contribution in [-0.2, 0) is 9.53 Å². The fraction of sp³-hybridized carbons (Fsp3) is 0.800. The van der Waals surface area contributed by atoms with E-state index in [0.29, 0.717) is 11.5 Å². The molecule has 118 valence electrons. The SMILES string of the molecule is O=C(NC1CCCC2OCCC12)C1=C[C@@H](O)[C@@H](O)[C@H](O)C1. The highest BCUT2D eigenvalue weighted by Gasteiger charge is 2.39. The average molecular weight is 297 g/mol. The summed E-state index contributed by atoms with van der Waals surface area (Å²) in [7, 11) is 0.